The Hall–Kier alpha value is -3.02. The van der Waals surface area contributed by atoms with Gasteiger partial charge in [0.2, 0.25) is 11.8 Å². The predicted octanol–water partition coefficient (Wildman–Crippen LogP) is 6.85. The molecule has 6 rings (SSSR count). The van der Waals surface area contributed by atoms with Crippen LogP contribution in [0.4, 0.5) is 22.7 Å². The fourth-order valence-electron chi connectivity index (χ4n) is 7.00. The van der Waals surface area contributed by atoms with Crippen molar-refractivity contribution in [3.63, 3.8) is 0 Å². The molecule has 34 heavy (non-hydrogen) atoms. The molecule has 0 radical (unpaired) electrons. The summed E-state index contributed by atoms with van der Waals surface area (Å²) in [5.74, 6) is 2.81. The van der Waals surface area contributed by atoms with E-state index in [4.69, 9.17) is 0 Å². The van der Waals surface area contributed by atoms with E-state index >= 15 is 0 Å². The Morgan fingerprint density at radius 1 is 0.706 bits per heavy atom. The number of carbonyl (C=O) groups excluding carboxylic acids is 2. The summed E-state index contributed by atoms with van der Waals surface area (Å²) in [5, 5.41) is 15.0. The van der Waals surface area contributed by atoms with Crippen LogP contribution in [-0.4, -0.2) is 11.8 Å². The van der Waals surface area contributed by atoms with Crippen LogP contribution in [0.2, 0.25) is 0 Å². The van der Waals surface area contributed by atoms with Crippen LogP contribution in [0.5, 0.6) is 0 Å². The zero-order valence-electron chi connectivity index (χ0n) is 19.5. The molecule has 0 aromatic heterocycles. The normalized spacial score (nSPS) is 31.3. The lowest BCUT2D eigenvalue weighted by Crippen LogP contribution is -2.28. The van der Waals surface area contributed by atoms with E-state index in [9.17, 15) is 9.59 Å². The Morgan fingerprint density at radius 3 is 1.94 bits per heavy atom. The van der Waals surface area contributed by atoms with Gasteiger partial charge in [-0.1, -0.05) is 31.0 Å². The highest BCUT2D eigenvalue weighted by Gasteiger charge is 2.44. The molecular formula is C28H32N4O2. The Morgan fingerprint density at radius 2 is 1.35 bits per heavy atom. The molecule has 4 aliphatic carbocycles. The summed E-state index contributed by atoms with van der Waals surface area (Å²) < 4.78 is 0. The second-order valence-corrected chi connectivity index (χ2v) is 10.8. The van der Waals surface area contributed by atoms with Crippen molar-refractivity contribution in [1.29, 1.82) is 0 Å². The molecule has 6 unspecified atom stereocenters. The van der Waals surface area contributed by atoms with Crippen LogP contribution < -0.4 is 10.6 Å². The Labute approximate surface area is 200 Å². The summed E-state index contributed by atoms with van der Waals surface area (Å²) in [6, 6.07) is 15.1. The fourth-order valence-corrected chi connectivity index (χ4v) is 7.00. The molecule has 4 aliphatic rings. The maximum atomic E-state index is 13.2. The molecule has 2 aromatic carbocycles. The first kappa shape index (κ1) is 21.5. The van der Waals surface area contributed by atoms with Crippen molar-refractivity contribution in [3.05, 3.63) is 48.5 Å². The maximum absolute atomic E-state index is 13.2. The second-order valence-electron chi connectivity index (χ2n) is 10.8. The van der Waals surface area contributed by atoms with Crippen molar-refractivity contribution in [1.82, 2.24) is 0 Å². The standard InChI is InChI=1S/C28H32N4O2/c33-27(23-14-17-6-8-19(23)12-17)29-22-10-11-25(32-31-21-4-2-1-3-5-21)26(16-22)30-28(34)24-15-18-7-9-20(24)13-18/h1-5,10-11,16-20,23-24H,6-9,12-15H2,(H,29,33)(H,30,34). The average molecular weight is 457 g/mol. The number of nitrogens with zero attached hydrogens (tertiary/aromatic N) is 2. The van der Waals surface area contributed by atoms with Crippen molar-refractivity contribution in [2.45, 2.75) is 51.4 Å². The molecule has 0 saturated heterocycles. The van der Waals surface area contributed by atoms with Crippen LogP contribution in [0, 0.1) is 35.5 Å². The molecular weight excluding hydrogens is 424 g/mol. The summed E-state index contributed by atoms with van der Waals surface area (Å²) in [4.78, 5) is 26.2. The third kappa shape index (κ3) is 4.26. The van der Waals surface area contributed by atoms with Crippen molar-refractivity contribution < 1.29 is 9.59 Å². The Kier molecular flexibility index (Phi) is 5.67. The molecule has 0 aliphatic heterocycles. The molecule has 6 heteroatoms. The van der Waals surface area contributed by atoms with Crippen molar-refractivity contribution >= 4 is 34.6 Å². The van der Waals surface area contributed by atoms with E-state index in [0.717, 1.165) is 30.9 Å². The van der Waals surface area contributed by atoms with Crippen molar-refractivity contribution in [3.8, 4) is 0 Å². The van der Waals surface area contributed by atoms with E-state index in [1.54, 1.807) is 0 Å². The van der Waals surface area contributed by atoms with Crippen LogP contribution in [0.15, 0.2) is 58.8 Å². The number of carbonyl (C=O) groups is 2. The van der Waals surface area contributed by atoms with Gasteiger partial charge in [-0.25, -0.2) is 0 Å². The topological polar surface area (TPSA) is 82.9 Å². The first-order valence-electron chi connectivity index (χ1n) is 12.8. The number of amides is 2. The summed E-state index contributed by atoms with van der Waals surface area (Å²) in [6.07, 6.45) is 9.23. The zero-order chi connectivity index (χ0) is 23.1. The number of anilines is 2. The number of hydrogen-bond acceptors (Lipinski definition) is 4. The van der Waals surface area contributed by atoms with Gasteiger partial charge in [-0.3, -0.25) is 9.59 Å². The zero-order valence-corrected chi connectivity index (χ0v) is 19.5. The quantitative estimate of drug-likeness (QED) is 0.466. The van der Waals surface area contributed by atoms with Gasteiger partial charge in [0.1, 0.15) is 5.69 Å². The fraction of sp³-hybridized carbons (Fsp3) is 0.500. The minimum absolute atomic E-state index is 0.0694. The Bertz CT molecular complexity index is 1110. The molecule has 2 N–H and O–H groups in total. The molecule has 6 nitrogen and oxygen atoms in total. The molecule has 0 heterocycles. The van der Waals surface area contributed by atoms with Crippen molar-refractivity contribution in [2.75, 3.05) is 10.6 Å². The van der Waals surface area contributed by atoms with Gasteiger partial charge in [0.05, 0.1) is 11.4 Å². The van der Waals surface area contributed by atoms with Gasteiger partial charge in [0.15, 0.2) is 0 Å². The first-order chi connectivity index (χ1) is 16.6. The number of rotatable bonds is 6. The minimum atomic E-state index is 0.0694. The van der Waals surface area contributed by atoms with Gasteiger partial charge in [-0.15, -0.1) is 5.11 Å². The summed E-state index contributed by atoms with van der Waals surface area (Å²) >= 11 is 0. The van der Waals surface area contributed by atoms with E-state index < -0.39 is 0 Å². The highest BCUT2D eigenvalue weighted by molar-refractivity contribution is 5.98. The molecule has 4 fully saturated rings. The van der Waals surface area contributed by atoms with Crippen molar-refractivity contribution in [2.24, 2.45) is 45.7 Å². The summed E-state index contributed by atoms with van der Waals surface area (Å²) in [7, 11) is 0. The first-order valence-corrected chi connectivity index (χ1v) is 12.8. The smallest absolute Gasteiger partial charge is 0.227 e. The molecule has 176 valence electrons. The number of nitrogens with one attached hydrogen (secondary N) is 2. The number of azo groups is 1. The second kappa shape index (κ2) is 8.97. The van der Waals surface area contributed by atoms with Crippen LogP contribution >= 0.6 is 0 Å². The largest absolute Gasteiger partial charge is 0.326 e. The van der Waals surface area contributed by atoms with Gasteiger partial charge in [0.25, 0.3) is 0 Å². The van der Waals surface area contributed by atoms with Gasteiger partial charge >= 0.3 is 0 Å². The average Bonchev–Trinajstić information content (AvgIpc) is 3.66. The maximum Gasteiger partial charge on any atom is 0.227 e. The van der Waals surface area contributed by atoms with E-state index in [1.165, 1.54) is 32.1 Å². The molecule has 2 amide bonds. The molecule has 0 spiro atoms. The van der Waals surface area contributed by atoms with Crippen LogP contribution in [0.1, 0.15) is 51.4 Å². The Balaban J connectivity index is 1.22. The third-order valence-electron chi connectivity index (χ3n) is 8.70. The molecule has 6 atom stereocenters. The number of fused-ring (bicyclic) bond motifs is 4. The highest BCUT2D eigenvalue weighted by atomic mass is 16.2. The lowest BCUT2D eigenvalue weighted by atomic mass is 9.88. The summed E-state index contributed by atoms with van der Waals surface area (Å²) in [6.45, 7) is 0. The molecule has 4 bridgehead atoms. The number of hydrogen-bond donors (Lipinski definition) is 2. The predicted molar refractivity (Wildman–Crippen MR) is 132 cm³/mol. The van der Waals surface area contributed by atoms with Gasteiger partial charge in [0, 0.05) is 17.5 Å². The monoisotopic (exact) mass is 456 g/mol. The van der Waals surface area contributed by atoms with E-state index in [0.29, 0.717) is 34.8 Å². The van der Waals surface area contributed by atoms with Crippen LogP contribution in [-0.2, 0) is 9.59 Å². The minimum Gasteiger partial charge on any atom is -0.326 e. The SMILES string of the molecule is O=C(Nc1ccc(N=Nc2ccccc2)c(NC(=O)C2CC3CCC2C3)c1)C1CC2CCC1C2. The lowest BCUT2D eigenvalue weighted by molar-refractivity contribution is -0.122. The van der Waals surface area contributed by atoms with Gasteiger partial charge < -0.3 is 10.6 Å². The highest BCUT2D eigenvalue weighted by Crippen LogP contribution is 2.50. The van der Waals surface area contributed by atoms with Crippen LogP contribution in [0.3, 0.4) is 0 Å². The van der Waals surface area contributed by atoms with E-state index in [1.807, 2.05) is 48.5 Å². The van der Waals surface area contributed by atoms with Gasteiger partial charge in [-0.05, 0) is 92.5 Å². The molecule has 4 saturated carbocycles. The van der Waals surface area contributed by atoms with E-state index in [-0.39, 0.29) is 23.7 Å². The summed E-state index contributed by atoms with van der Waals surface area (Å²) in [5.41, 5.74) is 2.66. The molecule has 2 aromatic rings. The van der Waals surface area contributed by atoms with Crippen LogP contribution in [0.25, 0.3) is 0 Å². The van der Waals surface area contributed by atoms with E-state index in [2.05, 4.69) is 20.9 Å². The number of benzene rings is 2. The lowest BCUT2D eigenvalue weighted by Gasteiger charge is -2.22. The van der Waals surface area contributed by atoms with Gasteiger partial charge in [-0.2, -0.15) is 5.11 Å². The third-order valence-corrected chi connectivity index (χ3v) is 8.70.